The lowest BCUT2D eigenvalue weighted by atomic mass is 10.0. The maximum Gasteiger partial charge on any atom is 0.260 e. The molecule has 0 fully saturated rings. The van der Waals surface area contributed by atoms with Crippen molar-refractivity contribution in [2.45, 2.75) is 0 Å². The van der Waals surface area contributed by atoms with E-state index in [0.717, 1.165) is 10.2 Å². The van der Waals surface area contributed by atoms with Crippen LogP contribution >= 0.6 is 15.9 Å². The Morgan fingerprint density at radius 2 is 1.73 bits per heavy atom. The number of nitrogens with one attached hydrogen (secondary N) is 1. The number of fused-ring (bicyclic) bond motifs is 1. The van der Waals surface area contributed by atoms with Gasteiger partial charge in [-0.3, -0.25) is 4.79 Å². The molecule has 4 aromatic rings. The maximum absolute atomic E-state index is 12.5. The van der Waals surface area contributed by atoms with Crippen molar-refractivity contribution < 1.29 is 5.11 Å². The zero-order chi connectivity index (χ0) is 18.3. The Morgan fingerprint density at radius 1 is 1.04 bits per heavy atom. The molecule has 2 heterocycles. The van der Waals surface area contributed by atoms with Crippen LogP contribution in [0.2, 0.25) is 0 Å². The van der Waals surface area contributed by atoms with Gasteiger partial charge < -0.3 is 14.7 Å². The first-order valence-electron chi connectivity index (χ1n) is 7.81. The molecule has 0 aliphatic carbocycles. The molecule has 4 rings (SSSR count). The van der Waals surface area contributed by atoms with E-state index >= 15 is 0 Å². The molecule has 2 N–H and O–H groups in total. The molecule has 5 nitrogen and oxygen atoms in total. The summed E-state index contributed by atoms with van der Waals surface area (Å²) >= 11 is 3.41. The zero-order valence-electron chi connectivity index (χ0n) is 13.4. The number of nitrogens with zero attached hydrogens (tertiary/aromatic N) is 2. The number of rotatable bonds is 2. The van der Waals surface area contributed by atoms with E-state index in [2.05, 4.69) is 20.9 Å². The van der Waals surface area contributed by atoms with Gasteiger partial charge in [0.1, 0.15) is 5.52 Å². The van der Waals surface area contributed by atoms with Gasteiger partial charge in [0.2, 0.25) is 0 Å². The number of hydrogen-bond acceptors (Lipinski definition) is 3. The summed E-state index contributed by atoms with van der Waals surface area (Å²) in [5.74, 6) is -0.0959. The number of benzene rings is 2. The summed E-state index contributed by atoms with van der Waals surface area (Å²) in [7, 11) is 0. The smallest absolute Gasteiger partial charge is 0.260 e. The Morgan fingerprint density at radius 3 is 2.38 bits per heavy atom. The van der Waals surface area contributed by atoms with Gasteiger partial charge in [-0.2, -0.15) is 5.26 Å². The molecule has 0 amide bonds. The number of aromatic nitrogens is 2. The van der Waals surface area contributed by atoms with Crippen LogP contribution in [0.15, 0.2) is 70.1 Å². The highest BCUT2D eigenvalue weighted by atomic mass is 79.9. The van der Waals surface area contributed by atoms with Crippen LogP contribution in [0.1, 0.15) is 5.56 Å². The second kappa shape index (κ2) is 6.21. The van der Waals surface area contributed by atoms with E-state index in [1.807, 2.05) is 34.9 Å². The summed E-state index contributed by atoms with van der Waals surface area (Å²) in [6.07, 6.45) is 1.80. The molecule has 0 aliphatic heterocycles. The number of pyridine rings is 1. The highest BCUT2D eigenvalue weighted by molar-refractivity contribution is 9.10. The molecule has 2 aromatic carbocycles. The third-order valence-electron chi connectivity index (χ3n) is 4.23. The quantitative estimate of drug-likeness (QED) is 0.520. The summed E-state index contributed by atoms with van der Waals surface area (Å²) in [4.78, 5) is 15.3. The Hall–Kier alpha value is -3.30. The third kappa shape index (κ3) is 2.59. The van der Waals surface area contributed by atoms with Gasteiger partial charge in [-0.1, -0.05) is 28.1 Å². The molecule has 6 heteroatoms. The second-order valence-corrected chi connectivity index (χ2v) is 6.71. The Balaban J connectivity index is 1.97. The molecule has 2 aromatic heterocycles. The zero-order valence-corrected chi connectivity index (χ0v) is 15.0. The topological polar surface area (TPSA) is 81.8 Å². The van der Waals surface area contributed by atoms with Gasteiger partial charge in [-0.15, -0.1) is 0 Å². The highest BCUT2D eigenvalue weighted by Crippen LogP contribution is 2.34. The summed E-state index contributed by atoms with van der Waals surface area (Å²) < 4.78 is 2.77. The maximum atomic E-state index is 12.5. The van der Waals surface area contributed by atoms with Crippen LogP contribution in [0.5, 0.6) is 5.75 Å². The molecule has 0 atom stereocenters. The molecule has 0 spiro atoms. The summed E-state index contributed by atoms with van der Waals surface area (Å²) in [6, 6.07) is 18.0. The minimum absolute atomic E-state index is 0.0959. The second-order valence-electron chi connectivity index (χ2n) is 5.79. The number of aromatic hydroxyl groups is 1. The van der Waals surface area contributed by atoms with Crippen LogP contribution in [-0.4, -0.2) is 14.7 Å². The van der Waals surface area contributed by atoms with E-state index in [1.165, 1.54) is 0 Å². The standard InChI is InChI=1S/C20H12BrN3O2/c21-14-5-7-15(8-6-14)24-10-9-16-18(24)19(25)17(20(26)23-16)13-3-1-12(11-22)2-4-13/h1-10H,(H2,23,25,26). The van der Waals surface area contributed by atoms with E-state index in [4.69, 9.17) is 5.26 Å². The lowest BCUT2D eigenvalue weighted by Crippen LogP contribution is -2.09. The number of aromatic amines is 1. The van der Waals surface area contributed by atoms with Gasteiger partial charge in [-0.05, 0) is 48.0 Å². The number of H-pyrrole nitrogens is 1. The van der Waals surface area contributed by atoms with Crippen LogP contribution in [0.25, 0.3) is 27.8 Å². The van der Waals surface area contributed by atoms with E-state index < -0.39 is 0 Å². The summed E-state index contributed by atoms with van der Waals surface area (Å²) in [6.45, 7) is 0. The highest BCUT2D eigenvalue weighted by Gasteiger charge is 2.17. The summed E-state index contributed by atoms with van der Waals surface area (Å²) in [5, 5.41) is 19.8. The van der Waals surface area contributed by atoms with Crippen molar-refractivity contribution in [3.63, 3.8) is 0 Å². The fourth-order valence-corrected chi connectivity index (χ4v) is 3.25. The summed E-state index contributed by atoms with van der Waals surface area (Å²) in [5.41, 5.74) is 2.76. The lowest BCUT2D eigenvalue weighted by molar-refractivity contribution is 0.480. The van der Waals surface area contributed by atoms with Crippen molar-refractivity contribution in [2.24, 2.45) is 0 Å². The van der Waals surface area contributed by atoms with Crippen molar-refractivity contribution >= 4 is 27.0 Å². The van der Waals surface area contributed by atoms with Crippen molar-refractivity contribution in [3.05, 3.63) is 81.2 Å². The molecule has 0 aliphatic rings. The third-order valence-corrected chi connectivity index (χ3v) is 4.76. The average Bonchev–Trinajstić information content (AvgIpc) is 3.07. The van der Waals surface area contributed by atoms with Gasteiger partial charge in [0, 0.05) is 16.4 Å². The molecular formula is C20H12BrN3O2. The average molecular weight is 406 g/mol. The van der Waals surface area contributed by atoms with Gasteiger partial charge in [0.25, 0.3) is 5.56 Å². The van der Waals surface area contributed by atoms with Crippen LogP contribution in [-0.2, 0) is 0 Å². The molecular weight excluding hydrogens is 394 g/mol. The first-order chi connectivity index (χ1) is 12.6. The molecule has 0 unspecified atom stereocenters. The minimum Gasteiger partial charge on any atom is -0.505 e. The normalized spacial score (nSPS) is 10.8. The van der Waals surface area contributed by atoms with Gasteiger partial charge >= 0.3 is 0 Å². The monoisotopic (exact) mass is 405 g/mol. The molecule has 0 saturated carbocycles. The van der Waals surface area contributed by atoms with Gasteiger partial charge in [0.15, 0.2) is 5.75 Å². The SMILES string of the molecule is N#Cc1ccc(-c2c(O)c3c(ccn3-c3ccc(Br)cc3)[nH]c2=O)cc1. The Labute approximate surface area is 156 Å². The predicted octanol–water partition coefficient (Wildman–Crippen LogP) is 4.33. The van der Waals surface area contributed by atoms with Crippen molar-refractivity contribution in [1.29, 1.82) is 5.26 Å². The number of nitriles is 1. The molecule has 0 saturated heterocycles. The fraction of sp³-hybridized carbons (Fsp3) is 0. The van der Waals surface area contributed by atoms with E-state index in [-0.39, 0.29) is 16.9 Å². The van der Waals surface area contributed by atoms with E-state index in [9.17, 15) is 9.90 Å². The number of halogens is 1. The number of hydrogen-bond donors (Lipinski definition) is 2. The molecule has 26 heavy (non-hydrogen) atoms. The fourth-order valence-electron chi connectivity index (χ4n) is 2.98. The first kappa shape index (κ1) is 16.2. The largest absolute Gasteiger partial charge is 0.505 e. The minimum atomic E-state index is -0.381. The first-order valence-corrected chi connectivity index (χ1v) is 8.60. The Bertz CT molecular complexity index is 1210. The van der Waals surface area contributed by atoms with E-state index in [1.54, 1.807) is 36.5 Å². The van der Waals surface area contributed by atoms with Crippen LogP contribution in [0.3, 0.4) is 0 Å². The predicted molar refractivity (Wildman–Crippen MR) is 103 cm³/mol. The van der Waals surface area contributed by atoms with Gasteiger partial charge in [0.05, 0.1) is 22.7 Å². The molecule has 0 bridgehead atoms. The molecule has 126 valence electrons. The van der Waals surface area contributed by atoms with Crippen molar-refractivity contribution in [3.8, 4) is 28.6 Å². The van der Waals surface area contributed by atoms with Gasteiger partial charge in [-0.25, -0.2) is 0 Å². The lowest BCUT2D eigenvalue weighted by Gasteiger charge is -2.10. The van der Waals surface area contributed by atoms with Crippen molar-refractivity contribution in [2.75, 3.05) is 0 Å². The van der Waals surface area contributed by atoms with Crippen molar-refractivity contribution in [1.82, 2.24) is 9.55 Å². The Kier molecular flexibility index (Phi) is 3.86. The molecule has 0 radical (unpaired) electrons. The van der Waals surface area contributed by atoms with Crippen LogP contribution < -0.4 is 5.56 Å². The van der Waals surface area contributed by atoms with Crippen LogP contribution in [0.4, 0.5) is 0 Å². The van der Waals surface area contributed by atoms with E-state index in [0.29, 0.717) is 22.2 Å². The van der Waals surface area contributed by atoms with Crippen LogP contribution in [0, 0.1) is 11.3 Å².